The van der Waals surface area contributed by atoms with E-state index in [-0.39, 0.29) is 17.3 Å². The zero-order valence-corrected chi connectivity index (χ0v) is 17.0. The van der Waals surface area contributed by atoms with Gasteiger partial charge in [-0.2, -0.15) is 15.5 Å². The van der Waals surface area contributed by atoms with E-state index in [1.54, 1.807) is 4.90 Å². The van der Waals surface area contributed by atoms with E-state index < -0.39 is 0 Å². The van der Waals surface area contributed by atoms with Gasteiger partial charge in [0, 0.05) is 12.3 Å². The van der Waals surface area contributed by atoms with Gasteiger partial charge >= 0.3 is 0 Å². The number of nitriles is 2. The molecular formula is C19H24ClN8O+. The van der Waals surface area contributed by atoms with Gasteiger partial charge in [0.15, 0.2) is 11.4 Å². The Bertz CT molecular complexity index is 876. The maximum atomic E-state index is 8.96. The molecule has 0 atom stereocenters. The van der Waals surface area contributed by atoms with Crippen molar-refractivity contribution in [2.75, 3.05) is 61.7 Å². The number of halogens is 1. The molecule has 1 fully saturated rings. The standard InChI is InChI=1S/C19H23ClN8O/c1-2-29-10-9-27-5-7-28(8-6-27)14-3-4-16(15(20)11-14)25-26-19-23-17(12-21)18(13-22)24-19/h3-4,11,25H,2,5-10H2,1H3,(H2,23,24,26)/p+1. The summed E-state index contributed by atoms with van der Waals surface area (Å²) in [5, 5.41) is 18.5. The quantitative estimate of drug-likeness (QED) is 0.375. The van der Waals surface area contributed by atoms with E-state index in [4.69, 9.17) is 26.9 Å². The summed E-state index contributed by atoms with van der Waals surface area (Å²) in [6, 6.07) is 9.59. The van der Waals surface area contributed by atoms with Crippen molar-refractivity contribution in [1.82, 2.24) is 9.97 Å². The number of aromatic amines is 1. The highest BCUT2D eigenvalue weighted by molar-refractivity contribution is 6.33. The summed E-state index contributed by atoms with van der Waals surface area (Å²) in [5.74, 6) is 0.268. The summed E-state index contributed by atoms with van der Waals surface area (Å²) in [5.41, 5.74) is 7.69. The molecule has 0 radical (unpaired) electrons. The number of hydrogen-bond acceptors (Lipinski definition) is 7. The Morgan fingerprint density at radius 1 is 1.28 bits per heavy atom. The number of anilines is 3. The zero-order chi connectivity index (χ0) is 20.6. The lowest BCUT2D eigenvalue weighted by atomic mass is 10.2. The average Bonchev–Trinajstić information content (AvgIpc) is 3.16. The van der Waals surface area contributed by atoms with Crippen LogP contribution < -0.4 is 20.7 Å². The molecular weight excluding hydrogens is 392 g/mol. The molecule has 2 heterocycles. The number of hydrazine groups is 1. The van der Waals surface area contributed by atoms with Gasteiger partial charge in [-0.1, -0.05) is 11.6 Å². The number of imidazole rings is 1. The van der Waals surface area contributed by atoms with E-state index in [0.29, 0.717) is 10.7 Å². The molecule has 10 heteroatoms. The van der Waals surface area contributed by atoms with Crippen molar-refractivity contribution in [3.63, 3.8) is 0 Å². The van der Waals surface area contributed by atoms with Gasteiger partial charge in [-0.05, 0) is 25.1 Å². The number of benzene rings is 1. The fourth-order valence-corrected chi connectivity index (χ4v) is 3.44. The van der Waals surface area contributed by atoms with Crippen LogP contribution in [0.25, 0.3) is 0 Å². The lowest BCUT2D eigenvalue weighted by Gasteiger charge is -2.33. The second kappa shape index (κ2) is 9.99. The molecule has 2 aromatic rings. The van der Waals surface area contributed by atoms with Crippen molar-refractivity contribution in [1.29, 1.82) is 10.5 Å². The second-order valence-electron chi connectivity index (χ2n) is 6.63. The molecule has 1 aromatic carbocycles. The van der Waals surface area contributed by atoms with Crippen LogP contribution in [-0.4, -0.2) is 55.9 Å². The normalized spacial score (nSPS) is 14.3. The molecule has 0 aliphatic carbocycles. The van der Waals surface area contributed by atoms with Gasteiger partial charge in [-0.3, -0.25) is 10.9 Å². The van der Waals surface area contributed by atoms with Crippen LogP contribution in [0.1, 0.15) is 18.3 Å². The summed E-state index contributed by atoms with van der Waals surface area (Å²) in [4.78, 5) is 10.6. The number of hydrogen-bond donors (Lipinski definition) is 4. The summed E-state index contributed by atoms with van der Waals surface area (Å²) in [6.07, 6.45) is 0. The van der Waals surface area contributed by atoms with Gasteiger partial charge in [0.1, 0.15) is 18.7 Å². The first-order valence-electron chi connectivity index (χ1n) is 9.52. The topological polar surface area (TPSA) is 117 Å². The number of quaternary nitrogens is 1. The largest absolute Gasteiger partial charge is 0.376 e. The fraction of sp³-hybridized carbons (Fsp3) is 0.421. The Morgan fingerprint density at radius 2 is 2.07 bits per heavy atom. The monoisotopic (exact) mass is 415 g/mol. The average molecular weight is 416 g/mol. The van der Waals surface area contributed by atoms with Crippen LogP contribution in [0.2, 0.25) is 5.02 Å². The smallest absolute Gasteiger partial charge is 0.221 e. The van der Waals surface area contributed by atoms with Crippen molar-refractivity contribution in [2.45, 2.75) is 6.92 Å². The van der Waals surface area contributed by atoms with Gasteiger partial charge in [-0.15, -0.1) is 0 Å². The number of rotatable bonds is 8. The summed E-state index contributed by atoms with van der Waals surface area (Å²) >= 11 is 6.43. The number of ether oxygens (including phenoxy) is 1. The van der Waals surface area contributed by atoms with E-state index in [0.717, 1.165) is 51.6 Å². The Kier molecular flexibility index (Phi) is 7.14. The molecule has 0 amide bonds. The van der Waals surface area contributed by atoms with E-state index in [1.165, 1.54) is 0 Å². The third-order valence-corrected chi connectivity index (χ3v) is 5.14. The Labute approximate surface area is 174 Å². The first-order chi connectivity index (χ1) is 14.1. The van der Waals surface area contributed by atoms with Gasteiger partial charge in [0.2, 0.25) is 5.95 Å². The molecule has 3 rings (SSSR count). The molecule has 9 nitrogen and oxygen atoms in total. The molecule has 152 valence electrons. The predicted molar refractivity (Wildman–Crippen MR) is 111 cm³/mol. The maximum Gasteiger partial charge on any atom is 0.221 e. The molecule has 1 aliphatic rings. The van der Waals surface area contributed by atoms with Crippen LogP contribution >= 0.6 is 11.6 Å². The molecule has 0 unspecified atom stereocenters. The maximum absolute atomic E-state index is 8.96. The SMILES string of the molecule is CCOCC[NH+]1CCN(c2ccc(NNc3nc(C#N)c(C#N)[nH]3)c(Cl)c2)CC1. The molecule has 4 N–H and O–H groups in total. The van der Waals surface area contributed by atoms with Gasteiger partial charge in [-0.25, -0.2) is 0 Å². The van der Waals surface area contributed by atoms with E-state index in [2.05, 4.69) is 25.7 Å². The first-order valence-corrected chi connectivity index (χ1v) is 9.90. The molecule has 0 bridgehead atoms. The van der Waals surface area contributed by atoms with Crippen LogP contribution in [0.4, 0.5) is 17.3 Å². The van der Waals surface area contributed by atoms with Crippen LogP contribution in [0, 0.1) is 22.7 Å². The predicted octanol–water partition coefficient (Wildman–Crippen LogP) is 0.987. The number of nitrogens with one attached hydrogen (secondary N) is 4. The first kappa shape index (κ1) is 20.7. The number of aromatic nitrogens is 2. The molecule has 1 aliphatic heterocycles. The molecule has 0 saturated carbocycles. The van der Waals surface area contributed by atoms with E-state index >= 15 is 0 Å². The number of piperazine rings is 1. The lowest BCUT2D eigenvalue weighted by Crippen LogP contribution is -3.15. The number of nitrogens with zero attached hydrogens (tertiary/aromatic N) is 4. The molecule has 0 spiro atoms. The summed E-state index contributed by atoms with van der Waals surface area (Å²) in [6.45, 7) is 8.75. The molecule has 1 aromatic heterocycles. The van der Waals surface area contributed by atoms with Crippen molar-refractivity contribution in [2.24, 2.45) is 0 Å². The van der Waals surface area contributed by atoms with Crippen molar-refractivity contribution in [3.8, 4) is 12.1 Å². The molecule has 29 heavy (non-hydrogen) atoms. The Balaban J connectivity index is 1.55. The van der Waals surface area contributed by atoms with Crippen LogP contribution in [-0.2, 0) is 4.74 Å². The van der Waals surface area contributed by atoms with Crippen molar-refractivity contribution < 1.29 is 9.64 Å². The highest BCUT2D eigenvalue weighted by atomic mass is 35.5. The Morgan fingerprint density at radius 3 is 2.69 bits per heavy atom. The van der Waals surface area contributed by atoms with Crippen LogP contribution in [0.3, 0.4) is 0 Å². The molecule has 1 saturated heterocycles. The highest BCUT2D eigenvalue weighted by Crippen LogP contribution is 2.27. The minimum absolute atomic E-state index is 0.0424. The highest BCUT2D eigenvalue weighted by Gasteiger charge is 2.20. The van der Waals surface area contributed by atoms with Crippen molar-refractivity contribution in [3.05, 3.63) is 34.6 Å². The summed E-state index contributed by atoms with van der Waals surface area (Å²) in [7, 11) is 0. The Hall–Kier alpha value is -2.98. The van der Waals surface area contributed by atoms with Crippen molar-refractivity contribution >= 4 is 28.9 Å². The zero-order valence-electron chi connectivity index (χ0n) is 16.3. The second-order valence-corrected chi connectivity index (χ2v) is 7.04. The fourth-order valence-electron chi connectivity index (χ4n) is 3.21. The van der Waals surface area contributed by atoms with E-state index in [9.17, 15) is 0 Å². The van der Waals surface area contributed by atoms with Gasteiger partial charge in [0.25, 0.3) is 0 Å². The number of H-pyrrole nitrogens is 1. The van der Waals surface area contributed by atoms with E-state index in [1.807, 2.05) is 37.3 Å². The minimum Gasteiger partial charge on any atom is -0.376 e. The summed E-state index contributed by atoms with van der Waals surface area (Å²) < 4.78 is 5.45. The lowest BCUT2D eigenvalue weighted by molar-refractivity contribution is -0.901. The van der Waals surface area contributed by atoms with Crippen LogP contribution in [0.15, 0.2) is 18.2 Å². The minimum atomic E-state index is 0.0424. The van der Waals surface area contributed by atoms with Gasteiger partial charge < -0.3 is 19.5 Å². The van der Waals surface area contributed by atoms with Gasteiger partial charge in [0.05, 0.1) is 43.5 Å². The third-order valence-electron chi connectivity index (χ3n) is 4.83. The van der Waals surface area contributed by atoms with Crippen LogP contribution in [0.5, 0.6) is 0 Å². The third kappa shape index (κ3) is 5.30.